The highest BCUT2D eigenvalue weighted by molar-refractivity contribution is 5.95. The van der Waals surface area contributed by atoms with Crippen LogP contribution in [-0.4, -0.2) is 21.7 Å². The van der Waals surface area contributed by atoms with Gasteiger partial charge in [0.2, 0.25) is 0 Å². The van der Waals surface area contributed by atoms with Crippen molar-refractivity contribution in [1.82, 2.24) is 15.1 Å². The number of anilines is 1. The number of aromatic nitrogens is 2. The van der Waals surface area contributed by atoms with Crippen molar-refractivity contribution < 1.29 is 9.59 Å². The zero-order valence-corrected chi connectivity index (χ0v) is 15.2. The highest BCUT2D eigenvalue weighted by atomic mass is 16.2. The van der Waals surface area contributed by atoms with E-state index < -0.39 is 6.03 Å². The summed E-state index contributed by atoms with van der Waals surface area (Å²) in [5, 5.41) is 9.75. The molecule has 7 heteroatoms. The van der Waals surface area contributed by atoms with Crippen molar-refractivity contribution in [1.29, 1.82) is 0 Å². The van der Waals surface area contributed by atoms with Gasteiger partial charge in [0.15, 0.2) is 0 Å². The Morgan fingerprint density at radius 1 is 1.07 bits per heavy atom. The molecule has 0 aliphatic heterocycles. The third-order valence-electron chi connectivity index (χ3n) is 4.27. The van der Waals surface area contributed by atoms with Gasteiger partial charge >= 0.3 is 6.03 Å². The van der Waals surface area contributed by atoms with E-state index in [9.17, 15) is 9.59 Å². The minimum atomic E-state index is -0.614. The monoisotopic (exact) mass is 363 g/mol. The molecule has 1 heterocycles. The molecular formula is C20H21N5O2. The van der Waals surface area contributed by atoms with Crippen LogP contribution in [0.2, 0.25) is 0 Å². The maximum atomic E-state index is 12.5. The van der Waals surface area contributed by atoms with Crippen molar-refractivity contribution in [2.45, 2.75) is 20.4 Å². The molecule has 3 amide bonds. The molecule has 0 saturated heterocycles. The lowest BCUT2D eigenvalue weighted by Gasteiger charge is -2.09. The fraction of sp³-hybridized carbons (Fsp3) is 0.150. The van der Waals surface area contributed by atoms with E-state index in [1.807, 2.05) is 50.2 Å². The van der Waals surface area contributed by atoms with Crippen LogP contribution in [0.3, 0.4) is 0 Å². The number of amides is 3. The van der Waals surface area contributed by atoms with E-state index in [0.29, 0.717) is 17.8 Å². The fourth-order valence-corrected chi connectivity index (χ4v) is 2.80. The maximum Gasteiger partial charge on any atom is 0.316 e. The number of nitrogens with two attached hydrogens (primary N) is 1. The molecule has 0 aliphatic carbocycles. The zero-order valence-electron chi connectivity index (χ0n) is 15.2. The number of urea groups is 1. The molecule has 0 spiro atoms. The summed E-state index contributed by atoms with van der Waals surface area (Å²) < 4.78 is 1.77. The predicted octanol–water partition coefficient (Wildman–Crippen LogP) is 2.91. The number of nitrogens with zero attached hydrogens (tertiary/aromatic N) is 2. The molecule has 1 aromatic heterocycles. The molecule has 2 aromatic carbocycles. The third kappa shape index (κ3) is 4.14. The van der Waals surface area contributed by atoms with Crippen LogP contribution in [0.4, 0.5) is 10.5 Å². The second-order valence-corrected chi connectivity index (χ2v) is 6.21. The summed E-state index contributed by atoms with van der Waals surface area (Å²) in [4.78, 5) is 23.4. The number of nitrogens with one attached hydrogen (secondary N) is 2. The lowest BCUT2D eigenvalue weighted by molar-refractivity contribution is 0.0950. The minimum absolute atomic E-state index is 0.188. The van der Waals surface area contributed by atoms with E-state index in [1.54, 1.807) is 23.0 Å². The number of hydrogen-bond donors (Lipinski definition) is 3. The van der Waals surface area contributed by atoms with Crippen LogP contribution < -0.4 is 16.4 Å². The first-order valence-corrected chi connectivity index (χ1v) is 8.50. The smallest absolute Gasteiger partial charge is 0.316 e. The number of hydrogen-bond acceptors (Lipinski definition) is 3. The Morgan fingerprint density at radius 3 is 2.44 bits per heavy atom. The van der Waals surface area contributed by atoms with Crippen LogP contribution in [0.1, 0.15) is 27.2 Å². The molecule has 4 N–H and O–H groups in total. The van der Waals surface area contributed by atoms with Crippen LogP contribution in [0.5, 0.6) is 0 Å². The van der Waals surface area contributed by atoms with Gasteiger partial charge in [-0.05, 0) is 43.2 Å². The Morgan fingerprint density at radius 2 is 1.78 bits per heavy atom. The second kappa shape index (κ2) is 7.74. The molecule has 0 bridgehead atoms. The van der Waals surface area contributed by atoms with Crippen molar-refractivity contribution >= 4 is 17.6 Å². The molecular weight excluding hydrogens is 342 g/mol. The minimum Gasteiger partial charge on any atom is -0.351 e. The Bertz CT molecular complexity index is 976. The summed E-state index contributed by atoms with van der Waals surface area (Å²) in [6, 6.07) is 14.4. The highest BCUT2D eigenvalue weighted by Crippen LogP contribution is 2.17. The van der Waals surface area contributed by atoms with Crippen LogP contribution >= 0.6 is 0 Å². The van der Waals surface area contributed by atoms with Crippen molar-refractivity contribution in [3.05, 3.63) is 77.1 Å². The van der Waals surface area contributed by atoms with E-state index in [4.69, 9.17) is 5.73 Å². The van der Waals surface area contributed by atoms with Crippen molar-refractivity contribution in [2.24, 2.45) is 5.73 Å². The van der Waals surface area contributed by atoms with Gasteiger partial charge in [-0.15, -0.1) is 0 Å². The van der Waals surface area contributed by atoms with Crippen molar-refractivity contribution in [2.75, 3.05) is 5.32 Å². The predicted molar refractivity (Wildman–Crippen MR) is 104 cm³/mol. The molecule has 0 atom stereocenters. The molecule has 0 unspecified atom stereocenters. The Labute approximate surface area is 157 Å². The van der Waals surface area contributed by atoms with E-state index in [0.717, 1.165) is 22.5 Å². The zero-order chi connectivity index (χ0) is 19.4. The largest absolute Gasteiger partial charge is 0.351 e. The number of rotatable bonds is 5. The van der Waals surface area contributed by atoms with Gasteiger partial charge in [0.05, 0.1) is 23.1 Å². The first-order chi connectivity index (χ1) is 13.0. The Kier molecular flexibility index (Phi) is 5.21. The first-order valence-electron chi connectivity index (χ1n) is 8.50. The van der Waals surface area contributed by atoms with E-state index in [-0.39, 0.29) is 5.91 Å². The van der Waals surface area contributed by atoms with Gasteiger partial charge in [0.25, 0.3) is 5.91 Å². The van der Waals surface area contributed by atoms with Crippen LogP contribution in [0.15, 0.2) is 54.7 Å². The summed E-state index contributed by atoms with van der Waals surface area (Å²) in [7, 11) is 0. The molecule has 3 rings (SSSR count). The van der Waals surface area contributed by atoms with E-state index >= 15 is 0 Å². The average molecular weight is 363 g/mol. The van der Waals surface area contributed by atoms with E-state index in [1.165, 1.54) is 0 Å². The van der Waals surface area contributed by atoms with Gasteiger partial charge in [-0.3, -0.25) is 4.79 Å². The van der Waals surface area contributed by atoms with Crippen LogP contribution in [0.25, 0.3) is 5.69 Å². The SMILES string of the molecule is Cc1ccccc1-n1ncc(C(=O)NCc2ccc(NC(N)=O)cc2)c1C. The molecule has 27 heavy (non-hydrogen) atoms. The van der Waals surface area contributed by atoms with Crippen LogP contribution in [0, 0.1) is 13.8 Å². The number of carbonyl (C=O) groups excluding carboxylic acids is 2. The molecule has 138 valence electrons. The summed E-state index contributed by atoms with van der Waals surface area (Å²) >= 11 is 0. The summed E-state index contributed by atoms with van der Waals surface area (Å²) in [6.45, 7) is 4.25. The quantitative estimate of drug-likeness (QED) is 0.649. The normalized spacial score (nSPS) is 10.4. The van der Waals surface area contributed by atoms with Crippen molar-refractivity contribution in [3.8, 4) is 5.69 Å². The number of benzene rings is 2. The lowest BCUT2D eigenvalue weighted by Crippen LogP contribution is -2.23. The van der Waals surface area contributed by atoms with E-state index in [2.05, 4.69) is 15.7 Å². The summed E-state index contributed by atoms with van der Waals surface area (Å²) in [5.41, 5.74) is 9.93. The molecule has 0 aliphatic rings. The Hall–Kier alpha value is -3.61. The van der Waals surface area contributed by atoms with Gasteiger partial charge in [0.1, 0.15) is 0 Å². The van der Waals surface area contributed by atoms with Crippen LogP contribution in [-0.2, 0) is 6.54 Å². The Balaban J connectivity index is 1.68. The standard InChI is InChI=1S/C20H21N5O2/c1-13-5-3-4-6-18(13)25-14(2)17(12-23-25)19(26)22-11-15-7-9-16(10-8-15)24-20(21)27/h3-10,12H,11H2,1-2H3,(H,22,26)(H3,21,24,27). The number of carbonyl (C=O) groups is 2. The fourth-order valence-electron chi connectivity index (χ4n) is 2.80. The summed E-state index contributed by atoms with van der Waals surface area (Å²) in [5.74, 6) is -0.188. The number of primary amides is 1. The third-order valence-corrected chi connectivity index (χ3v) is 4.27. The molecule has 0 radical (unpaired) electrons. The lowest BCUT2D eigenvalue weighted by atomic mass is 10.2. The number of aryl methyl sites for hydroxylation is 1. The molecule has 0 fully saturated rings. The second-order valence-electron chi connectivity index (χ2n) is 6.21. The number of para-hydroxylation sites is 1. The molecule has 0 saturated carbocycles. The first kappa shape index (κ1) is 18.2. The van der Waals surface area contributed by atoms with Gasteiger partial charge in [0, 0.05) is 12.2 Å². The average Bonchev–Trinajstić information content (AvgIpc) is 3.02. The van der Waals surface area contributed by atoms with Gasteiger partial charge in [-0.25, -0.2) is 9.48 Å². The molecule has 3 aromatic rings. The molecule has 7 nitrogen and oxygen atoms in total. The van der Waals surface area contributed by atoms with Gasteiger partial charge < -0.3 is 16.4 Å². The van der Waals surface area contributed by atoms with Crippen molar-refractivity contribution in [3.63, 3.8) is 0 Å². The highest BCUT2D eigenvalue weighted by Gasteiger charge is 2.15. The maximum absolute atomic E-state index is 12.5. The van der Waals surface area contributed by atoms with Gasteiger partial charge in [-0.2, -0.15) is 5.10 Å². The topological polar surface area (TPSA) is 102 Å². The summed E-state index contributed by atoms with van der Waals surface area (Å²) in [6.07, 6.45) is 1.58. The van der Waals surface area contributed by atoms with Gasteiger partial charge in [-0.1, -0.05) is 30.3 Å².